The van der Waals surface area contributed by atoms with E-state index in [-0.39, 0.29) is 37.4 Å². The molecule has 0 aliphatic carbocycles. The average Bonchev–Trinajstić information content (AvgIpc) is 3.40. The summed E-state index contributed by atoms with van der Waals surface area (Å²) >= 11 is 0. The van der Waals surface area contributed by atoms with Gasteiger partial charge in [-0.3, -0.25) is 14.2 Å². The van der Waals surface area contributed by atoms with E-state index < -0.39 is 47.1 Å². The minimum absolute atomic E-state index is 0.0788. The summed E-state index contributed by atoms with van der Waals surface area (Å²) in [6, 6.07) is 0. The van der Waals surface area contributed by atoms with E-state index in [1.807, 2.05) is 13.8 Å². The quantitative estimate of drug-likeness (QED) is 0.267. The lowest BCUT2D eigenvalue weighted by atomic mass is 9.81. The fraction of sp³-hybridized carbons (Fsp3) is 0.742. The zero-order chi connectivity index (χ0) is 31.5. The van der Waals surface area contributed by atoms with Crippen molar-refractivity contribution in [1.82, 2.24) is 14.3 Å². The summed E-state index contributed by atoms with van der Waals surface area (Å²) in [6.45, 7) is 17.7. The van der Waals surface area contributed by atoms with Crippen molar-refractivity contribution in [3.8, 4) is 0 Å². The van der Waals surface area contributed by atoms with Gasteiger partial charge in [0, 0.05) is 6.42 Å². The Labute approximate surface area is 248 Å². The molecule has 0 bridgehead atoms. The van der Waals surface area contributed by atoms with Crippen LogP contribution in [0.1, 0.15) is 101 Å². The predicted octanol–water partition coefficient (Wildman–Crippen LogP) is 3.98. The third-order valence-electron chi connectivity index (χ3n) is 7.84. The summed E-state index contributed by atoms with van der Waals surface area (Å²) in [5, 5.41) is 14.1. The molecule has 5 atom stereocenters. The van der Waals surface area contributed by atoms with Crippen LogP contribution in [0, 0.1) is 5.41 Å². The first-order chi connectivity index (χ1) is 19.5. The highest BCUT2D eigenvalue weighted by atomic mass is 16.8. The van der Waals surface area contributed by atoms with Gasteiger partial charge in [-0.15, -0.1) is 0 Å². The van der Waals surface area contributed by atoms with Gasteiger partial charge in [0.05, 0.1) is 25.2 Å². The molecule has 11 nitrogen and oxygen atoms in total. The maximum absolute atomic E-state index is 13.8. The molecule has 1 aromatic heterocycles. The largest absolute Gasteiger partial charge is 0.466 e. The van der Waals surface area contributed by atoms with Crippen molar-refractivity contribution in [1.29, 1.82) is 0 Å². The van der Waals surface area contributed by atoms with Gasteiger partial charge in [-0.05, 0) is 73.1 Å². The average molecular weight is 592 g/mol. The van der Waals surface area contributed by atoms with Gasteiger partial charge >= 0.3 is 11.7 Å². The second kappa shape index (κ2) is 13.4. The second-order valence-electron chi connectivity index (χ2n) is 13.3. The summed E-state index contributed by atoms with van der Waals surface area (Å²) in [6.07, 6.45) is 4.72. The van der Waals surface area contributed by atoms with Crippen LogP contribution in [0.3, 0.4) is 0 Å². The number of ether oxygens (including phenoxy) is 4. The first-order valence-electron chi connectivity index (χ1n) is 14.8. The highest BCUT2D eigenvalue weighted by Gasteiger charge is 2.57. The Morgan fingerprint density at radius 2 is 1.79 bits per heavy atom. The number of aliphatic hydroxyl groups excluding tert-OH is 1. The molecule has 2 aliphatic heterocycles. The third kappa shape index (κ3) is 8.06. The van der Waals surface area contributed by atoms with E-state index in [4.69, 9.17) is 18.9 Å². The van der Waals surface area contributed by atoms with E-state index in [2.05, 4.69) is 51.9 Å². The van der Waals surface area contributed by atoms with Crippen LogP contribution in [0.15, 0.2) is 39.1 Å². The molecule has 0 aromatic carbocycles. The zero-order valence-corrected chi connectivity index (χ0v) is 26.6. The maximum Gasteiger partial charge on any atom is 0.350 e. The molecule has 5 unspecified atom stereocenters. The minimum atomic E-state index is -1.16. The molecule has 236 valence electrons. The van der Waals surface area contributed by atoms with E-state index >= 15 is 0 Å². The summed E-state index contributed by atoms with van der Waals surface area (Å²) in [5.41, 5.74) is 0.526. The Balaban J connectivity index is 1.84. The van der Waals surface area contributed by atoms with Gasteiger partial charge in [-0.1, -0.05) is 37.1 Å². The van der Waals surface area contributed by atoms with Gasteiger partial charge in [0.1, 0.15) is 24.5 Å². The number of aromatic nitrogens is 3. The van der Waals surface area contributed by atoms with Crippen molar-refractivity contribution in [2.75, 3.05) is 13.2 Å². The van der Waals surface area contributed by atoms with E-state index in [9.17, 15) is 19.5 Å². The molecular weight excluding hydrogens is 542 g/mol. The van der Waals surface area contributed by atoms with Crippen molar-refractivity contribution in [2.24, 2.45) is 5.41 Å². The summed E-state index contributed by atoms with van der Waals surface area (Å²) in [5.74, 6) is -1.53. The Morgan fingerprint density at radius 1 is 1.12 bits per heavy atom. The normalized spacial score (nSPS) is 26.3. The molecule has 1 N–H and O–H groups in total. The molecule has 0 saturated carbocycles. The second-order valence-corrected chi connectivity index (χ2v) is 13.3. The first-order valence-corrected chi connectivity index (χ1v) is 14.8. The number of fused-ring (bicyclic) bond motifs is 1. The van der Waals surface area contributed by atoms with Crippen molar-refractivity contribution in [3.63, 3.8) is 0 Å². The van der Waals surface area contributed by atoms with Crippen LogP contribution in [0.5, 0.6) is 0 Å². The molecule has 42 heavy (non-hydrogen) atoms. The lowest BCUT2D eigenvalue weighted by Gasteiger charge is -2.29. The van der Waals surface area contributed by atoms with Crippen LogP contribution in [0.4, 0.5) is 0 Å². The van der Waals surface area contributed by atoms with Crippen molar-refractivity contribution in [3.05, 3.63) is 50.3 Å². The van der Waals surface area contributed by atoms with Crippen molar-refractivity contribution >= 4 is 5.97 Å². The molecule has 0 spiro atoms. The number of carbonyl (C=O) groups excluding carboxylic acids is 1. The van der Waals surface area contributed by atoms with E-state index in [0.717, 1.165) is 23.7 Å². The highest BCUT2D eigenvalue weighted by Crippen LogP contribution is 2.44. The Kier molecular flexibility index (Phi) is 10.8. The standard InChI is InChI=1S/C31H49N3O8/c1-10-39-24(37)13-16-31(9)41-25-22(19-35)40-27(26(25)42-31)34-28(38)33(23(36)18-32-34)30(7,8)15-12-21(4)17-29(5,6)14-11-20(2)3/h11-12,18,22,25-27,35H,10,13-17,19H2,1-9H3. The maximum atomic E-state index is 13.8. The van der Waals surface area contributed by atoms with Gasteiger partial charge < -0.3 is 24.1 Å². The van der Waals surface area contributed by atoms with Crippen LogP contribution in [0.2, 0.25) is 0 Å². The lowest BCUT2D eigenvalue weighted by Crippen LogP contribution is -2.51. The number of carbonyl (C=O) groups is 1. The van der Waals surface area contributed by atoms with Crippen molar-refractivity contribution in [2.45, 2.75) is 130 Å². The number of esters is 1. The molecule has 2 aliphatic rings. The summed E-state index contributed by atoms with van der Waals surface area (Å²) < 4.78 is 25.6. The monoisotopic (exact) mass is 591 g/mol. The third-order valence-corrected chi connectivity index (χ3v) is 7.84. The number of hydrogen-bond acceptors (Lipinski definition) is 9. The van der Waals surface area contributed by atoms with Gasteiger partial charge in [-0.2, -0.15) is 9.78 Å². The number of nitrogens with zero attached hydrogens (tertiary/aromatic N) is 3. The van der Waals surface area contributed by atoms with E-state index in [1.54, 1.807) is 13.8 Å². The number of hydrogen-bond donors (Lipinski definition) is 1. The molecule has 3 heterocycles. The molecule has 11 heteroatoms. The zero-order valence-electron chi connectivity index (χ0n) is 26.6. The molecule has 0 radical (unpaired) electrons. The lowest BCUT2D eigenvalue weighted by molar-refractivity contribution is -0.216. The molecule has 2 saturated heterocycles. The van der Waals surface area contributed by atoms with Crippen molar-refractivity contribution < 1.29 is 28.8 Å². The number of allylic oxidation sites excluding steroid dienone is 4. The van der Waals surface area contributed by atoms with Gasteiger partial charge in [0.25, 0.3) is 5.56 Å². The Hall–Kier alpha value is -2.60. The van der Waals surface area contributed by atoms with Gasteiger partial charge in [-0.25, -0.2) is 4.79 Å². The smallest absolute Gasteiger partial charge is 0.350 e. The highest BCUT2D eigenvalue weighted by molar-refractivity contribution is 5.69. The summed E-state index contributed by atoms with van der Waals surface area (Å²) in [7, 11) is 0. The SMILES string of the molecule is CCOC(=O)CCC1(C)OC2C(CO)OC(n3ncc(=O)n(C(C)(C)CC=C(C)CC(C)(C)CC=C(C)C)c3=O)C2O1. The van der Waals surface area contributed by atoms with Crippen LogP contribution < -0.4 is 11.2 Å². The van der Waals surface area contributed by atoms with Crippen LogP contribution in [0.25, 0.3) is 0 Å². The molecule has 0 amide bonds. The van der Waals surface area contributed by atoms with Gasteiger partial charge in [0.2, 0.25) is 0 Å². The summed E-state index contributed by atoms with van der Waals surface area (Å²) in [4.78, 5) is 38.8. The number of aliphatic hydroxyl groups is 1. The molecule has 1 aromatic rings. The molecule has 2 fully saturated rings. The predicted molar refractivity (Wildman–Crippen MR) is 158 cm³/mol. The van der Waals surface area contributed by atoms with Gasteiger partial charge in [0.15, 0.2) is 12.0 Å². The van der Waals surface area contributed by atoms with Crippen LogP contribution >= 0.6 is 0 Å². The molecular formula is C31H49N3O8. The van der Waals surface area contributed by atoms with Crippen LogP contribution in [-0.2, 0) is 29.3 Å². The Bertz CT molecular complexity index is 1290. The van der Waals surface area contributed by atoms with E-state index in [1.165, 1.54) is 15.7 Å². The number of rotatable bonds is 13. The fourth-order valence-corrected chi connectivity index (χ4v) is 5.65. The topological polar surface area (TPSA) is 131 Å². The van der Waals surface area contributed by atoms with Crippen LogP contribution in [-0.4, -0.2) is 62.7 Å². The van der Waals surface area contributed by atoms with E-state index in [0.29, 0.717) is 6.42 Å². The fourth-order valence-electron chi connectivity index (χ4n) is 5.65. The Morgan fingerprint density at radius 3 is 2.40 bits per heavy atom. The first kappa shape index (κ1) is 33.9. The minimum Gasteiger partial charge on any atom is -0.466 e. The molecule has 3 rings (SSSR count).